The summed E-state index contributed by atoms with van der Waals surface area (Å²) in [6.07, 6.45) is 0. The SMILES string of the molecule is Oc1c(O)c(O)c2c(Br)c(O)c(O)c(O)c2c1O. The largest absolute Gasteiger partial charge is 0.504 e. The number of aromatic hydroxyl groups is 7. The summed E-state index contributed by atoms with van der Waals surface area (Å²) in [5.74, 6) is -6.60. The molecule has 0 aliphatic heterocycles. The van der Waals surface area contributed by atoms with Crippen molar-refractivity contribution in [1.29, 1.82) is 0 Å². The second-order valence-corrected chi connectivity index (χ2v) is 4.30. The van der Waals surface area contributed by atoms with E-state index in [1.807, 2.05) is 0 Å². The van der Waals surface area contributed by atoms with Crippen LogP contribution in [0.15, 0.2) is 4.47 Å². The van der Waals surface area contributed by atoms with Gasteiger partial charge in [-0.1, -0.05) is 0 Å². The molecule has 2 aromatic rings. The summed E-state index contributed by atoms with van der Waals surface area (Å²) in [6.45, 7) is 0. The predicted octanol–water partition coefficient (Wildman–Crippen LogP) is 1.54. The smallest absolute Gasteiger partial charge is 0.205 e. The van der Waals surface area contributed by atoms with Crippen LogP contribution in [0.4, 0.5) is 0 Å². The van der Waals surface area contributed by atoms with Crippen molar-refractivity contribution in [1.82, 2.24) is 0 Å². The maximum absolute atomic E-state index is 9.63. The van der Waals surface area contributed by atoms with Crippen LogP contribution < -0.4 is 0 Å². The Balaban J connectivity index is 3.22. The first-order valence-electron chi connectivity index (χ1n) is 4.50. The third-order valence-corrected chi connectivity index (χ3v) is 3.28. The van der Waals surface area contributed by atoms with Gasteiger partial charge < -0.3 is 35.7 Å². The van der Waals surface area contributed by atoms with Crippen molar-refractivity contribution in [2.24, 2.45) is 0 Å². The summed E-state index contributed by atoms with van der Waals surface area (Å²) in [6, 6.07) is 0. The van der Waals surface area contributed by atoms with Crippen LogP contribution in [0.1, 0.15) is 0 Å². The molecule has 0 aliphatic rings. The highest BCUT2D eigenvalue weighted by atomic mass is 79.9. The molecule has 2 aromatic carbocycles. The highest BCUT2D eigenvalue weighted by Crippen LogP contribution is 2.58. The minimum atomic E-state index is -1.06. The molecule has 0 aromatic heterocycles. The Morgan fingerprint density at radius 1 is 0.444 bits per heavy atom. The van der Waals surface area contributed by atoms with E-state index in [9.17, 15) is 35.7 Å². The van der Waals surface area contributed by atoms with Crippen LogP contribution in [0.5, 0.6) is 40.2 Å². The molecule has 0 fully saturated rings. The fourth-order valence-electron chi connectivity index (χ4n) is 1.60. The van der Waals surface area contributed by atoms with Gasteiger partial charge in [-0.2, -0.15) is 0 Å². The van der Waals surface area contributed by atoms with Crippen molar-refractivity contribution in [3.63, 3.8) is 0 Å². The van der Waals surface area contributed by atoms with Gasteiger partial charge in [-0.3, -0.25) is 0 Å². The van der Waals surface area contributed by atoms with E-state index < -0.39 is 45.6 Å². The maximum atomic E-state index is 9.63. The van der Waals surface area contributed by atoms with Gasteiger partial charge >= 0.3 is 0 Å². The minimum absolute atomic E-state index is 0.268. The first kappa shape index (κ1) is 12.2. The van der Waals surface area contributed by atoms with Crippen molar-refractivity contribution in [2.45, 2.75) is 0 Å². The first-order chi connectivity index (χ1) is 8.29. The van der Waals surface area contributed by atoms with Gasteiger partial charge in [-0.25, -0.2) is 0 Å². The number of halogens is 1. The number of fused-ring (bicyclic) bond motifs is 1. The summed E-state index contributed by atoms with van der Waals surface area (Å²) < 4.78 is -0.268. The summed E-state index contributed by atoms with van der Waals surface area (Å²) in [5, 5.41) is 65.5. The lowest BCUT2D eigenvalue weighted by atomic mass is 10.0. The normalized spacial score (nSPS) is 10.9. The zero-order valence-corrected chi connectivity index (χ0v) is 10.1. The van der Waals surface area contributed by atoms with Gasteiger partial charge in [-0.05, 0) is 15.9 Å². The number of rotatable bonds is 0. The molecule has 0 saturated heterocycles. The second-order valence-electron chi connectivity index (χ2n) is 3.50. The van der Waals surface area contributed by atoms with E-state index in [-0.39, 0.29) is 9.86 Å². The molecule has 0 bridgehead atoms. The van der Waals surface area contributed by atoms with E-state index in [4.69, 9.17) is 0 Å². The third-order valence-electron chi connectivity index (χ3n) is 2.51. The predicted molar refractivity (Wildman–Crippen MR) is 63.3 cm³/mol. The van der Waals surface area contributed by atoms with Gasteiger partial charge in [0, 0.05) is 0 Å². The van der Waals surface area contributed by atoms with Crippen LogP contribution in [0, 0.1) is 0 Å². The van der Waals surface area contributed by atoms with Gasteiger partial charge in [0.05, 0.1) is 15.2 Å². The number of benzene rings is 2. The molecular weight excluding hydrogens is 312 g/mol. The van der Waals surface area contributed by atoms with Crippen LogP contribution in [0.2, 0.25) is 0 Å². The van der Waals surface area contributed by atoms with Crippen LogP contribution in [0.3, 0.4) is 0 Å². The minimum Gasteiger partial charge on any atom is -0.504 e. The second kappa shape index (κ2) is 3.64. The Hall–Kier alpha value is -2.22. The lowest BCUT2D eigenvalue weighted by molar-refractivity contribution is 0.346. The number of hydrogen-bond donors (Lipinski definition) is 7. The molecule has 0 unspecified atom stereocenters. The molecular formula is C10H7BrO7. The van der Waals surface area contributed by atoms with E-state index in [0.717, 1.165) is 0 Å². The fraction of sp³-hybridized carbons (Fsp3) is 0. The fourth-order valence-corrected chi connectivity index (χ4v) is 2.17. The molecule has 0 atom stereocenters. The topological polar surface area (TPSA) is 142 Å². The van der Waals surface area contributed by atoms with Crippen molar-refractivity contribution >= 4 is 26.7 Å². The summed E-state index contributed by atoms with van der Waals surface area (Å²) in [4.78, 5) is 0. The summed E-state index contributed by atoms with van der Waals surface area (Å²) in [5.41, 5.74) is 0. The molecule has 0 amide bonds. The van der Waals surface area contributed by atoms with E-state index in [1.54, 1.807) is 0 Å². The van der Waals surface area contributed by atoms with E-state index >= 15 is 0 Å². The molecule has 0 radical (unpaired) electrons. The molecule has 7 nitrogen and oxygen atoms in total. The zero-order chi connectivity index (χ0) is 13.8. The maximum Gasteiger partial charge on any atom is 0.205 e. The molecule has 0 aliphatic carbocycles. The number of phenols is 7. The van der Waals surface area contributed by atoms with E-state index in [1.165, 1.54) is 0 Å². The standard InChI is InChI=1S/C10H7BrO7/c11-3-1-2(5(13)8(16)7(3)15)6(14)10(18)9(17)4(1)12/h12-18H. The molecule has 2 rings (SSSR count). The van der Waals surface area contributed by atoms with Gasteiger partial charge in [0.15, 0.2) is 23.0 Å². The van der Waals surface area contributed by atoms with Gasteiger partial charge in [0.25, 0.3) is 0 Å². The molecule has 96 valence electrons. The Labute approximate surface area is 108 Å². The Bertz CT molecular complexity index is 567. The molecule has 8 heteroatoms. The Kier molecular flexibility index (Phi) is 2.47. The van der Waals surface area contributed by atoms with Gasteiger partial charge in [-0.15, -0.1) is 0 Å². The zero-order valence-electron chi connectivity index (χ0n) is 8.51. The average Bonchev–Trinajstić information content (AvgIpc) is 2.35. The van der Waals surface area contributed by atoms with Crippen molar-refractivity contribution in [3.8, 4) is 40.2 Å². The number of hydrogen-bond acceptors (Lipinski definition) is 7. The highest BCUT2D eigenvalue weighted by molar-refractivity contribution is 9.10. The van der Waals surface area contributed by atoms with Crippen LogP contribution >= 0.6 is 15.9 Å². The Morgan fingerprint density at radius 2 is 0.778 bits per heavy atom. The van der Waals surface area contributed by atoms with Gasteiger partial charge in [0.1, 0.15) is 0 Å². The lowest BCUT2D eigenvalue weighted by Gasteiger charge is -2.13. The Morgan fingerprint density at radius 3 is 1.22 bits per heavy atom. The van der Waals surface area contributed by atoms with Gasteiger partial charge in [0.2, 0.25) is 17.2 Å². The summed E-state index contributed by atoms with van der Waals surface area (Å²) >= 11 is 2.82. The third kappa shape index (κ3) is 1.29. The molecule has 0 spiro atoms. The molecule has 0 saturated carbocycles. The molecule has 0 heterocycles. The van der Waals surface area contributed by atoms with Crippen molar-refractivity contribution in [2.75, 3.05) is 0 Å². The van der Waals surface area contributed by atoms with Crippen LogP contribution in [0.25, 0.3) is 10.8 Å². The monoisotopic (exact) mass is 318 g/mol. The summed E-state index contributed by atoms with van der Waals surface area (Å²) in [7, 11) is 0. The first-order valence-corrected chi connectivity index (χ1v) is 5.30. The molecule has 18 heavy (non-hydrogen) atoms. The quantitative estimate of drug-likeness (QED) is 0.288. The van der Waals surface area contributed by atoms with Crippen molar-refractivity contribution in [3.05, 3.63) is 4.47 Å². The van der Waals surface area contributed by atoms with Crippen molar-refractivity contribution < 1.29 is 35.7 Å². The van der Waals surface area contributed by atoms with E-state index in [2.05, 4.69) is 15.9 Å². The van der Waals surface area contributed by atoms with Crippen LogP contribution in [-0.2, 0) is 0 Å². The molecule has 7 N–H and O–H groups in total. The lowest BCUT2D eigenvalue weighted by Crippen LogP contribution is -1.84. The van der Waals surface area contributed by atoms with Crippen LogP contribution in [-0.4, -0.2) is 35.7 Å². The highest BCUT2D eigenvalue weighted by Gasteiger charge is 2.27. The van der Waals surface area contributed by atoms with E-state index in [0.29, 0.717) is 0 Å². The average molecular weight is 319 g/mol. The number of phenolic OH excluding ortho intramolecular Hbond substituents is 7.